The first kappa shape index (κ1) is 25.7. The van der Waals surface area contributed by atoms with Crippen molar-refractivity contribution < 1.29 is 23.1 Å². The molecule has 2 heterocycles. The van der Waals surface area contributed by atoms with E-state index in [2.05, 4.69) is 54.0 Å². The van der Waals surface area contributed by atoms with Crippen LogP contribution in [0.2, 0.25) is 0 Å². The molecule has 0 atom stereocenters. The molecule has 8 nitrogen and oxygen atoms in total. The number of benzene rings is 2. The van der Waals surface area contributed by atoms with E-state index in [1.807, 2.05) is 18.2 Å². The highest BCUT2D eigenvalue weighted by Crippen LogP contribution is 2.54. The molecule has 2 fully saturated rings. The van der Waals surface area contributed by atoms with E-state index in [-0.39, 0.29) is 12.5 Å². The molecule has 1 saturated carbocycles. The van der Waals surface area contributed by atoms with Crippen LogP contribution in [0, 0.1) is 8.99 Å². The summed E-state index contributed by atoms with van der Waals surface area (Å²) in [5, 5.41) is 10.6. The Labute approximate surface area is 226 Å². The number of nitrogens with zero attached hydrogens (tertiary/aromatic N) is 3. The summed E-state index contributed by atoms with van der Waals surface area (Å²) in [6.07, 6.45) is 1.32. The molecule has 0 bridgehead atoms. The lowest BCUT2D eigenvalue weighted by atomic mass is 9.93. The number of alkyl halides is 2. The Morgan fingerprint density at radius 2 is 1.89 bits per heavy atom. The average molecular weight is 623 g/mol. The van der Waals surface area contributed by atoms with Crippen molar-refractivity contribution in [2.75, 3.05) is 29.9 Å². The van der Waals surface area contributed by atoms with Crippen molar-refractivity contribution in [2.45, 2.75) is 38.7 Å². The van der Waals surface area contributed by atoms with Gasteiger partial charge in [0, 0.05) is 34.8 Å². The smallest absolute Gasteiger partial charge is 0.407 e. The van der Waals surface area contributed by atoms with Gasteiger partial charge in [-0.1, -0.05) is 0 Å². The van der Waals surface area contributed by atoms with E-state index in [4.69, 9.17) is 0 Å². The molecule has 37 heavy (non-hydrogen) atoms. The van der Waals surface area contributed by atoms with Gasteiger partial charge in [0.1, 0.15) is 0 Å². The van der Waals surface area contributed by atoms with Gasteiger partial charge < -0.3 is 20.3 Å². The predicted octanol–water partition coefficient (Wildman–Crippen LogP) is 5.30. The van der Waals surface area contributed by atoms with Crippen LogP contribution in [-0.2, 0) is 18.3 Å². The topological polar surface area (TPSA) is 88.5 Å². The van der Waals surface area contributed by atoms with E-state index >= 15 is 0 Å². The molecular weight excluding hydrogens is 595 g/mol. The summed E-state index contributed by atoms with van der Waals surface area (Å²) in [6.45, 7) is 0.939. The van der Waals surface area contributed by atoms with Crippen LogP contribution in [0.5, 0.6) is 0 Å². The molecule has 2 amide bonds. The molecule has 2 aromatic carbocycles. The van der Waals surface area contributed by atoms with Crippen LogP contribution in [0.3, 0.4) is 0 Å². The Kier molecular flexibility index (Phi) is 7.24. The Morgan fingerprint density at radius 1 is 1.14 bits per heavy atom. The second-order valence-corrected chi connectivity index (χ2v) is 11.0. The van der Waals surface area contributed by atoms with Crippen molar-refractivity contribution in [3.63, 3.8) is 0 Å². The number of fused-ring (bicyclic) bond motifs is 1. The van der Waals surface area contributed by atoms with Crippen LogP contribution in [-0.4, -0.2) is 47.9 Å². The SMILES string of the molecule is Cn1nc(CNC(=O)OCC(F)F)c2cc(NC(=O)c3ccc(I)cc3N3CCC4(CC3)CC4)ccc21. The number of halogens is 3. The number of piperidine rings is 1. The van der Waals surface area contributed by atoms with E-state index in [1.165, 1.54) is 25.7 Å². The Hall–Kier alpha value is -2.96. The van der Waals surface area contributed by atoms with Gasteiger partial charge in [0.15, 0.2) is 6.61 Å². The number of aryl methyl sites for hydroxylation is 1. The molecule has 196 valence electrons. The first-order valence-electron chi connectivity index (χ1n) is 12.2. The van der Waals surface area contributed by atoms with Crippen molar-refractivity contribution in [1.29, 1.82) is 0 Å². The first-order valence-corrected chi connectivity index (χ1v) is 13.3. The van der Waals surface area contributed by atoms with Gasteiger partial charge in [0.05, 0.1) is 29.0 Å². The lowest BCUT2D eigenvalue weighted by Crippen LogP contribution is -2.35. The third kappa shape index (κ3) is 5.81. The summed E-state index contributed by atoms with van der Waals surface area (Å²) in [5.74, 6) is -0.198. The highest BCUT2D eigenvalue weighted by molar-refractivity contribution is 14.1. The number of rotatable bonds is 7. The minimum Gasteiger partial charge on any atom is -0.443 e. The Bertz CT molecular complexity index is 1330. The number of ether oxygens (including phenoxy) is 1. The summed E-state index contributed by atoms with van der Waals surface area (Å²) in [6, 6.07) is 11.3. The molecule has 1 spiro atoms. The fraction of sp³-hybridized carbons (Fsp3) is 0.423. The minimum atomic E-state index is -2.73. The number of nitrogens with one attached hydrogen (secondary N) is 2. The van der Waals surface area contributed by atoms with E-state index < -0.39 is 19.1 Å². The monoisotopic (exact) mass is 623 g/mol. The lowest BCUT2D eigenvalue weighted by molar-refractivity contribution is 0.0487. The van der Waals surface area contributed by atoms with Gasteiger partial charge in [0.2, 0.25) is 0 Å². The van der Waals surface area contributed by atoms with Crippen molar-refractivity contribution in [3.8, 4) is 0 Å². The van der Waals surface area contributed by atoms with Crippen LogP contribution in [0.15, 0.2) is 36.4 Å². The van der Waals surface area contributed by atoms with Gasteiger partial charge in [0.25, 0.3) is 12.3 Å². The van der Waals surface area contributed by atoms with Crippen molar-refractivity contribution >= 4 is 56.9 Å². The average Bonchev–Trinajstić information content (AvgIpc) is 3.55. The minimum absolute atomic E-state index is 0.00542. The van der Waals surface area contributed by atoms with Crippen molar-refractivity contribution in [2.24, 2.45) is 12.5 Å². The second kappa shape index (κ2) is 10.4. The highest BCUT2D eigenvalue weighted by atomic mass is 127. The summed E-state index contributed by atoms with van der Waals surface area (Å²) >= 11 is 2.28. The fourth-order valence-corrected chi connectivity index (χ4v) is 5.42. The highest BCUT2D eigenvalue weighted by Gasteiger charge is 2.44. The number of anilines is 2. The van der Waals surface area contributed by atoms with Crippen molar-refractivity contribution in [1.82, 2.24) is 15.1 Å². The number of alkyl carbamates (subject to hydrolysis) is 1. The Balaban J connectivity index is 1.32. The van der Waals surface area contributed by atoms with Gasteiger partial charge in [-0.3, -0.25) is 9.48 Å². The standard InChI is InChI=1S/C26H28F2IN5O3/c1-33-21-5-3-17(13-19(21)20(32-33)14-30-25(36)37-15-23(27)28)31-24(35)18-4-2-16(29)12-22(18)34-10-8-26(6-7-26)9-11-34/h2-5,12-13,23H,6-11,14-15H2,1H3,(H,30,36)(H,31,35). The molecule has 1 aliphatic heterocycles. The van der Waals surface area contributed by atoms with E-state index in [0.29, 0.717) is 22.4 Å². The number of amides is 2. The molecule has 1 aliphatic carbocycles. The van der Waals surface area contributed by atoms with E-state index in [1.54, 1.807) is 23.9 Å². The van der Waals surface area contributed by atoms with Crippen LogP contribution in [0.25, 0.3) is 10.9 Å². The second-order valence-electron chi connectivity index (χ2n) is 9.75. The number of hydrogen-bond acceptors (Lipinski definition) is 5. The molecule has 0 radical (unpaired) electrons. The summed E-state index contributed by atoms with van der Waals surface area (Å²) in [5.41, 5.74) is 4.04. The maximum absolute atomic E-state index is 13.4. The lowest BCUT2D eigenvalue weighted by Gasteiger charge is -2.35. The number of carbonyl (C=O) groups is 2. The summed E-state index contributed by atoms with van der Waals surface area (Å²) in [4.78, 5) is 27.4. The maximum atomic E-state index is 13.4. The van der Waals surface area contributed by atoms with Crippen LogP contribution >= 0.6 is 22.6 Å². The molecule has 3 aromatic rings. The normalized spacial score (nSPS) is 16.3. The largest absolute Gasteiger partial charge is 0.443 e. The van der Waals surface area contributed by atoms with Gasteiger partial charge in [-0.05, 0) is 90.1 Å². The van der Waals surface area contributed by atoms with Crippen LogP contribution < -0.4 is 15.5 Å². The van der Waals surface area contributed by atoms with Crippen LogP contribution in [0.1, 0.15) is 41.7 Å². The third-order valence-electron chi connectivity index (χ3n) is 7.25. The molecular formula is C26H28F2IN5O3. The molecule has 11 heteroatoms. The predicted molar refractivity (Wildman–Crippen MR) is 145 cm³/mol. The van der Waals surface area contributed by atoms with E-state index in [9.17, 15) is 18.4 Å². The van der Waals surface area contributed by atoms with Crippen molar-refractivity contribution in [3.05, 3.63) is 51.2 Å². The fourth-order valence-electron chi connectivity index (χ4n) is 4.95. The number of aromatic nitrogens is 2. The molecule has 5 rings (SSSR count). The van der Waals surface area contributed by atoms with Gasteiger partial charge in [-0.15, -0.1) is 0 Å². The number of hydrogen-bond donors (Lipinski definition) is 2. The molecule has 1 aromatic heterocycles. The first-order chi connectivity index (χ1) is 17.7. The van der Waals surface area contributed by atoms with Gasteiger partial charge in [-0.25, -0.2) is 13.6 Å². The summed E-state index contributed by atoms with van der Waals surface area (Å²) < 4.78 is 31.7. The number of carbonyl (C=O) groups excluding carboxylic acids is 2. The van der Waals surface area contributed by atoms with Gasteiger partial charge >= 0.3 is 6.09 Å². The van der Waals surface area contributed by atoms with Gasteiger partial charge in [-0.2, -0.15) is 5.10 Å². The molecule has 2 aliphatic rings. The zero-order chi connectivity index (χ0) is 26.2. The zero-order valence-corrected chi connectivity index (χ0v) is 22.6. The molecule has 2 N–H and O–H groups in total. The molecule has 0 unspecified atom stereocenters. The van der Waals surface area contributed by atoms with Crippen LogP contribution in [0.4, 0.5) is 25.0 Å². The quantitative estimate of drug-likeness (QED) is 0.349. The van der Waals surface area contributed by atoms with E-state index in [0.717, 1.165) is 33.3 Å². The third-order valence-corrected chi connectivity index (χ3v) is 7.92. The summed E-state index contributed by atoms with van der Waals surface area (Å²) in [7, 11) is 1.77. The zero-order valence-electron chi connectivity index (χ0n) is 20.4. The maximum Gasteiger partial charge on any atom is 0.407 e. The Morgan fingerprint density at radius 3 is 2.59 bits per heavy atom. The molecule has 1 saturated heterocycles.